The maximum Gasteiger partial charge on any atom is 0.145 e. The average Bonchev–Trinajstić information content (AvgIpc) is 2.69. The molecule has 2 N–H and O–H groups in total. The number of nitrogens with two attached hydrogens (primary N) is 1. The van der Waals surface area contributed by atoms with Crippen LogP contribution in [0.4, 0.5) is 5.82 Å². The number of thiocarbonyl (C=S) groups is 1. The van der Waals surface area contributed by atoms with Crippen molar-refractivity contribution >= 4 is 51.7 Å². The van der Waals surface area contributed by atoms with Gasteiger partial charge in [0, 0.05) is 5.37 Å². The van der Waals surface area contributed by atoms with Gasteiger partial charge >= 0.3 is 0 Å². The summed E-state index contributed by atoms with van der Waals surface area (Å²) in [5.74, 6) is 0.304. The number of rotatable bonds is 4. The highest BCUT2D eigenvalue weighted by Crippen LogP contribution is 2.15. The van der Waals surface area contributed by atoms with Crippen LogP contribution in [-0.4, -0.2) is 15.1 Å². The van der Waals surface area contributed by atoms with E-state index in [1.807, 2.05) is 28.4 Å². The molecule has 0 amide bonds. The topological polar surface area (TPSA) is 67.6 Å². The third-order valence-electron chi connectivity index (χ3n) is 1.86. The number of nitrogens with zero attached hydrogens (tertiary/aromatic N) is 3. The van der Waals surface area contributed by atoms with E-state index in [2.05, 4.69) is 27.7 Å². The summed E-state index contributed by atoms with van der Waals surface area (Å²) in [4.78, 5) is 0. The van der Waals surface area contributed by atoms with Crippen molar-refractivity contribution in [3.05, 3.63) is 40.1 Å². The summed E-state index contributed by atoms with van der Waals surface area (Å²) < 4.78 is 3.34. The Labute approximate surface area is 118 Å². The van der Waals surface area contributed by atoms with Gasteiger partial charge in [-0.3, -0.25) is 0 Å². The number of nitrogen functional groups attached to an aromatic ring is 1. The predicted molar refractivity (Wildman–Crippen MR) is 81.6 cm³/mol. The minimum atomic E-state index is 0.304. The molecule has 0 unspecified atom stereocenters. The van der Waals surface area contributed by atoms with Crippen molar-refractivity contribution in [3.63, 3.8) is 0 Å². The van der Waals surface area contributed by atoms with E-state index in [-0.39, 0.29) is 0 Å². The monoisotopic (exact) mass is 356 g/mol. The molecule has 0 saturated carbocycles. The van der Waals surface area contributed by atoms with Gasteiger partial charge in [-0.25, -0.2) is 4.68 Å². The summed E-state index contributed by atoms with van der Waals surface area (Å²) >= 11 is 6.90. The zero-order valence-corrected chi connectivity index (χ0v) is 11.7. The fourth-order valence-electron chi connectivity index (χ4n) is 1.11. The first-order chi connectivity index (χ1) is 8.24. The van der Waals surface area contributed by atoms with Crippen molar-refractivity contribution in [3.8, 4) is 6.07 Å². The normalized spacial score (nSPS) is 12.1. The highest BCUT2D eigenvalue weighted by molar-refractivity contribution is 14.1. The summed E-state index contributed by atoms with van der Waals surface area (Å²) in [6.07, 6.45) is 8.63. The minimum Gasteiger partial charge on any atom is -0.382 e. The van der Waals surface area contributed by atoms with Crippen molar-refractivity contribution in [2.45, 2.75) is 0 Å². The number of anilines is 1. The van der Waals surface area contributed by atoms with Crippen LogP contribution in [0.1, 0.15) is 5.56 Å². The molecule has 0 aromatic carbocycles. The van der Waals surface area contributed by atoms with Crippen LogP contribution in [0, 0.1) is 11.3 Å². The highest BCUT2D eigenvalue weighted by Gasteiger charge is 2.07. The van der Waals surface area contributed by atoms with Crippen molar-refractivity contribution in [1.82, 2.24) is 9.78 Å². The van der Waals surface area contributed by atoms with Crippen LogP contribution < -0.4 is 5.73 Å². The molecular formula is C11H9IN4S. The Balaban J connectivity index is 3.16. The van der Waals surface area contributed by atoms with Crippen LogP contribution in [0.5, 0.6) is 0 Å². The van der Waals surface area contributed by atoms with Crippen molar-refractivity contribution in [1.29, 1.82) is 5.26 Å². The van der Waals surface area contributed by atoms with Gasteiger partial charge in [-0.2, -0.15) is 10.4 Å². The Kier molecular flexibility index (Phi) is 5.59. The summed E-state index contributed by atoms with van der Waals surface area (Å²) in [5, 5.41) is 14.3. The van der Waals surface area contributed by atoms with E-state index in [9.17, 15) is 0 Å². The fourth-order valence-corrected chi connectivity index (χ4v) is 1.49. The second-order valence-corrected chi connectivity index (χ2v) is 3.86. The Morgan fingerprint density at radius 1 is 1.59 bits per heavy atom. The molecule has 1 heterocycles. The molecule has 0 aliphatic rings. The first-order valence-electron chi connectivity index (χ1n) is 4.57. The highest BCUT2D eigenvalue weighted by atomic mass is 127. The van der Waals surface area contributed by atoms with Crippen LogP contribution in [0.25, 0.3) is 5.70 Å². The fraction of sp³-hybridized carbons (Fsp3) is 0. The first-order valence-corrected chi connectivity index (χ1v) is 6.29. The van der Waals surface area contributed by atoms with Crippen LogP contribution >= 0.6 is 34.8 Å². The van der Waals surface area contributed by atoms with Gasteiger partial charge in [0.25, 0.3) is 0 Å². The van der Waals surface area contributed by atoms with E-state index >= 15 is 0 Å². The third kappa shape index (κ3) is 3.51. The van der Waals surface area contributed by atoms with Crippen molar-refractivity contribution in [2.75, 3.05) is 5.73 Å². The maximum atomic E-state index is 8.80. The van der Waals surface area contributed by atoms with E-state index in [0.29, 0.717) is 17.1 Å². The summed E-state index contributed by atoms with van der Waals surface area (Å²) in [5.41, 5.74) is 6.83. The molecule has 17 heavy (non-hydrogen) atoms. The standard InChI is InChI=1S/C11H9IN4S/c12-5-2-1-3-10(4-6-17)16-11(14)9(7-13)8-15-16/h1-6,8H,14H2/b3-1-,5-2+,10-4+. The van der Waals surface area contributed by atoms with Gasteiger partial charge < -0.3 is 5.73 Å². The molecule has 1 rings (SSSR count). The Bertz CT molecular complexity index is 534. The zero-order valence-electron chi connectivity index (χ0n) is 8.75. The number of hydrogen-bond donors (Lipinski definition) is 1. The summed E-state index contributed by atoms with van der Waals surface area (Å²) in [6, 6.07) is 1.97. The van der Waals surface area contributed by atoms with Gasteiger partial charge in [0.15, 0.2) is 0 Å². The molecule has 0 fully saturated rings. The van der Waals surface area contributed by atoms with Gasteiger partial charge in [-0.1, -0.05) is 47.0 Å². The lowest BCUT2D eigenvalue weighted by atomic mass is 10.3. The largest absolute Gasteiger partial charge is 0.382 e. The molecule has 86 valence electrons. The molecule has 0 saturated heterocycles. The number of nitriles is 1. The van der Waals surface area contributed by atoms with E-state index in [0.717, 1.165) is 0 Å². The molecule has 1 aromatic rings. The number of halogens is 1. The van der Waals surface area contributed by atoms with Gasteiger partial charge in [0.2, 0.25) is 0 Å². The zero-order chi connectivity index (χ0) is 12.7. The third-order valence-corrected chi connectivity index (χ3v) is 2.41. The molecule has 0 bridgehead atoms. The van der Waals surface area contributed by atoms with E-state index in [4.69, 9.17) is 23.2 Å². The minimum absolute atomic E-state index is 0.304. The van der Waals surface area contributed by atoms with Crippen molar-refractivity contribution < 1.29 is 0 Å². The Hall–Kier alpha value is -1.46. The van der Waals surface area contributed by atoms with Crippen LogP contribution in [-0.2, 0) is 0 Å². The molecular weight excluding hydrogens is 347 g/mol. The second-order valence-electron chi connectivity index (χ2n) is 2.87. The van der Waals surface area contributed by atoms with E-state index < -0.39 is 0 Å². The molecule has 0 aliphatic carbocycles. The Morgan fingerprint density at radius 3 is 2.88 bits per heavy atom. The number of hydrogen-bond acceptors (Lipinski definition) is 4. The molecule has 0 aliphatic heterocycles. The lowest BCUT2D eigenvalue weighted by molar-refractivity contribution is 0.922. The number of aromatic nitrogens is 2. The van der Waals surface area contributed by atoms with Crippen LogP contribution in [0.15, 0.2) is 34.6 Å². The van der Waals surface area contributed by atoms with Gasteiger partial charge in [0.1, 0.15) is 17.5 Å². The molecule has 1 aromatic heterocycles. The van der Waals surface area contributed by atoms with Crippen molar-refractivity contribution in [2.24, 2.45) is 0 Å². The summed E-state index contributed by atoms with van der Waals surface area (Å²) in [7, 11) is 0. The lowest BCUT2D eigenvalue weighted by Gasteiger charge is -2.03. The van der Waals surface area contributed by atoms with Gasteiger partial charge in [-0.15, -0.1) is 0 Å². The molecule has 6 heteroatoms. The molecule has 0 atom stereocenters. The molecule has 0 spiro atoms. The Morgan fingerprint density at radius 2 is 2.35 bits per heavy atom. The van der Waals surface area contributed by atoms with Crippen LogP contribution in [0.2, 0.25) is 0 Å². The number of allylic oxidation sites excluding steroid dienone is 5. The molecule has 0 radical (unpaired) electrons. The smallest absolute Gasteiger partial charge is 0.145 e. The molecule has 4 nitrogen and oxygen atoms in total. The predicted octanol–water partition coefficient (Wildman–Crippen LogP) is 2.68. The quantitative estimate of drug-likeness (QED) is 0.390. The maximum absolute atomic E-state index is 8.80. The van der Waals surface area contributed by atoms with Crippen LogP contribution in [0.3, 0.4) is 0 Å². The SMILES string of the molecule is N#Cc1cnn(C(/C=C\C=C\I)=C/C=S)c1N. The van der Waals surface area contributed by atoms with E-state index in [1.165, 1.54) is 16.2 Å². The lowest BCUT2D eigenvalue weighted by Crippen LogP contribution is -2.03. The summed E-state index contributed by atoms with van der Waals surface area (Å²) in [6.45, 7) is 0. The van der Waals surface area contributed by atoms with Gasteiger partial charge in [-0.05, 0) is 16.2 Å². The average molecular weight is 356 g/mol. The van der Waals surface area contributed by atoms with E-state index in [1.54, 1.807) is 6.08 Å². The second kappa shape index (κ2) is 6.98. The van der Waals surface area contributed by atoms with Gasteiger partial charge in [0.05, 0.1) is 11.9 Å². The first kappa shape index (κ1) is 13.6.